The molecule has 15 heavy (non-hydrogen) atoms. The molecular formula is C11H21N3S. The van der Waals surface area contributed by atoms with Crippen molar-refractivity contribution in [1.82, 2.24) is 4.37 Å². The summed E-state index contributed by atoms with van der Waals surface area (Å²) < 4.78 is 4.13. The summed E-state index contributed by atoms with van der Waals surface area (Å²) in [6.45, 7) is 8.73. The molecule has 1 aromatic rings. The van der Waals surface area contributed by atoms with Crippen LogP contribution in [-0.2, 0) is 0 Å². The Morgan fingerprint density at radius 1 is 1.47 bits per heavy atom. The van der Waals surface area contributed by atoms with E-state index in [-0.39, 0.29) is 0 Å². The predicted molar refractivity (Wildman–Crippen MR) is 68.4 cm³/mol. The van der Waals surface area contributed by atoms with E-state index in [4.69, 9.17) is 5.73 Å². The molecular weight excluding hydrogens is 206 g/mol. The lowest BCUT2D eigenvalue weighted by atomic mass is 10.0. The van der Waals surface area contributed by atoms with Gasteiger partial charge in [-0.1, -0.05) is 20.3 Å². The standard InChI is InChI=1S/C11H21N3S/c1-5-7(2)6-8(3)13-11-9(4)10(12)14-15-11/h7-8,13H,5-6H2,1-4H3,(H2,12,14). The number of nitrogens with two attached hydrogens (primary N) is 1. The Hall–Kier alpha value is -0.770. The number of nitrogens with zero attached hydrogens (tertiary/aromatic N) is 1. The van der Waals surface area contributed by atoms with Gasteiger partial charge < -0.3 is 11.1 Å². The van der Waals surface area contributed by atoms with E-state index in [0.717, 1.165) is 16.5 Å². The highest BCUT2D eigenvalue weighted by atomic mass is 32.1. The predicted octanol–water partition coefficient (Wildman–Crippen LogP) is 3.27. The molecule has 4 heteroatoms. The number of hydrogen-bond acceptors (Lipinski definition) is 4. The van der Waals surface area contributed by atoms with Crippen molar-refractivity contribution in [3.05, 3.63) is 5.56 Å². The van der Waals surface area contributed by atoms with E-state index < -0.39 is 0 Å². The average molecular weight is 227 g/mol. The molecule has 1 aromatic heterocycles. The summed E-state index contributed by atoms with van der Waals surface area (Å²) in [5.74, 6) is 1.41. The van der Waals surface area contributed by atoms with Gasteiger partial charge in [0.1, 0.15) is 10.8 Å². The Labute approximate surface area is 96.2 Å². The molecule has 2 atom stereocenters. The van der Waals surface area contributed by atoms with Crippen LogP contribution in [0.15, 0.2) is 0 Å². The minimum atomic E-state index is 0.485. The van der Waals surface area contributed by atoms with Crippen molar-refractivity contribution >= 4 is 22.4 Å². The lowest BCUT2D eigenvalue weighted by molar-refractivity contribution is 0.484. The van der Waals surface area contributed by atoms with Crippen molar-refractivity contribution in [3.8, 4) is 0 Å². The fourth-order valence-corrected chi connectivity index (χ4v) is 2.36. The van der Waals surface area contributed by atoms with Gasteiger partial charge in [0, 0.05) is 11.6 Å². The molecule has 3 nitrogen and oxygen atoms in total. The number of nitrogens with one attached hydrogen (secondary N) is 1. The van der Waals surface area contributed by atoms with Gasteiger partial charge in [-0.25, -0.2) is 0 Å². The van der Waals surface area contributed by atoms with Gasteiger partial charge in [-0.05, 0) is 37.7 Å². The highest BCUT2D eigenvalue weighted by Crippen LogP contribution is 2.26. The first-order chi connectivity index (χ1) is 7.04. The van der Waals surface area contributed by atoms with E-state index in [9.17, 15) is 0 Å². The highest BCUT2D eigenvalue weighted by Gasteiger charge is 2.11. The second-order valence-electron chi connectivity index (χ2n) is 4.32. The maximum atomic E-state index is 5.70. The van der Waals surface area contributed by atoms with Crippen LogP contribution in [0.4, 0.5) is 10.8 Å². The largest absolute Gasteiger partial charge is 0.383 e. The maximum Gasteiger partial charge on any atom is 0.142 e. The zero-order valence-electron chi connectivity index (χ0n) is 10.0. The Morgan fingerprint density at radius 3 is 2.60 bits per heavy atom. The summed E-state index contributed by atoms with van der Waals surface area (Å²) in [6.07, 6.45) is 2.42. The molecule has 0 aliphatic heterocycles. The lowest BCUT2D eigenvalue weighted by Crippen LogP contribution is -2.18. The Balaban J connectivity index is 2.51. The van der Waals surface area contributed by atoms with E-state index >= 15 is 0 Å². The summed E-state index contributed by atoms with van der Waals surface area (Å²) in [4.78, 5) is 0. The minimum Gasteiger partial charge on any atom is -0.383 e. The maximum absolute atomic E-state index is 5.70. The molecule has 0 saturated carbocycles. The van der Waals surface area contributed by atoms with Crippen LogP contribution in [0.5, 0.6) is 0 Å². The van der Waals surface area contributed by atoms with Gasteiger partial charge in [0.05, 0.1) is 0 Å². The topological polar surface area (TPSA) is 50.9 Å². The first kappa shape index (κ1) is 12.3. The summed E-state index contributed by atoms with van der Waals surface area (Å²) in [5, 5.41) is 4.59. The van der Waals surface area contributed by atoms with Gasteiger partial charge in [0.15, 0.2) is 0 Å². The van der Waals surface area contributed by atoms with Gasteiger partial charge in [-0.3, -0.25) is 0 Å². The summed E-state index contributed by atoms with van der Waals surface area (Å²) >= 11 is 1.45. The summed E-state index contributed by atoms with van der Waals surface area (Å²) in [6, 6.07) is 0.485. The molecule has 1 heterocycles. The van der Waals surface area contributed by atoms with Gasteiger partial charge in [-0.2, -0.15) is 4.37 Å². The molecule has 0 aliphatic carbocycles. The number of hydrogen-bond donors (Lipinski definition) is 2. The molecule has 3 N–H and O–H groups in total. The smallest absolute Gasteiger partial charge is 0.142 e. The minimum absolute atomic E-state index is 0.485. The molecule has 0 fully saturated rings. The first-order valence-electron chi connectivity index (χ1n) is 5.52. The molecule has 0 amide bonds. The van der Waals surface area contributed by atoms with Gasteiger partial charge >= 0.3 is 0 Å². The second-order valence-corrected chi connectivity index (χ2v) is 5.09. The van der Waals surface area contributed by atoms with Crippen LogP contribution in [0.1, 0.15) is 39.2 Å². The third-order valence-corrected chi connectivity index (χ3v) is 3.69. The zero-order valence-corrected chi connectivity index (χ0v) is 10.8. The Kier molecular flexibility index (Phi) is 4.39. The van der Waals surface area contributed by atoms with Crippen molar-refractivity contribution in [3.63, 3.8) is 0 Å². The Morgan fingerprint density at radius 2 is 2.13 bits per heavy atom. The molecule has 0 saturated heterocycles. The molecule has 0 aliphatic rings. The first-order valence-corrected chi connectivity index (χ1v) is 6.30. The van der Waals surface area contributed by atoms with E-state index in [2.05, 4.69) is 30.5 Å². The van der Waals surface area contributed by atoms with Crippen LogP contribution in [0, 0.1) is 12.8 Å². The molecule has 0 radical (unpaired) electrons. The van der Waals surface area contributed by atoms with E-state index in [0.29, 0.717) is 11.9 Å². The molecule has 0 aromatic carbocycles. The van der Waals surface area contributed by atoms with Gasteiger partial charge in [0.2, 0.25) is 0 Å². The highest BCUT2D eigenvalue weighted by molar-refractivity contribution is 7.10. The van der Waals surface area contributed by atoms with E-state index in [1.807, 2.05) is 6.92 Å². The van der Waals surface area contributed by atoms with Crippen molar-refractivity contribution in [2.45, 2.75) is 46.6 Å². The van der Waals surface area contributed by atoms with Crippen LogP contribution in [0.2, 0.25) is 0 Å². The molecule has 2 unspecified atom stereocenters. The zero-order chi connectivity index (χ0) is 11.4. The quantitative estimate of drug-likeness (QED) is 0.811. The van der Waals surface area contributed by atoms with E-state index in [1.54, 1.807) is 0 Å². The molecule has 0 spiro atoms. The fourth-order valence-electron chi connectivity index (χ4n) is 1.54. The normalized spacial score (nSPS) is 14.9. The van der Waals surface area contributed by atoms with Crippen molar-refractivity contribution in [2.75, 3.05) is 11.1 Å². The van der Waals surface area contributed by atoms with Crippen molar-refractivity contribution in [2.24, 2.45) is 5.92 Å². The Bertz CT molecular complexity index is 309. The molecule has 0 bridgehead atoms. The summed E-state index contributed by atoms with van der Waals surface area (Å²) in [5.41, 5.74) is 6.78. The van der Waals surface area contributed by atoms with Crippen molar-refractivity contribution in [1.29, 1.82) is 0 Å². The number of aromatic nitrogens is 1. The number of nitrogen functional groups attached to an aromatic ring is 1. The molecule has 1 rings (SSSR count). The van der Waals surface area contributed by atoms with Crippen LogP contribution in [0.25, 0.3) is 0 Å². The SMILES string of the molecule is CCC(C)CC(C)Nc1snc(N)c1C. The number of anilines is 2. The van der Waals surface area contributed by atoms with Gasteiger partial charge in [0.25, 0.3) is 0 Å². The third-order valence-electron chi connectivity index (χ3n) is 2.79. The van der Waals surface area contributed by atoms with Crippen LogP contribution >= 0.6 is 11.5 Å². The van der Waals surface area contributed by atoms with Crippen LogP contribution in [-0.4, -0.2) is 10.4 Å². The third kappa shape index (κ3) is 3.38. The number of rotatable bonds is 5. The van der Waals surface area contributed by atoms with Crippen molar-refractivity contribution < 1.29 is 0 Å². The van der Waals surface area contributed by atoms with Crippen LogP contribution in [0.3, 0.4) is 0 Å². The van der Waals surface area contributed by atoms with Gasteiger partial charge in [-0.15, -0.1) is 0 Å². The van der Waals surface area contributed by atoms with E-state index in [1.165, 1.54) is 24.4 Å². The fraction of sp³-hybridized carbons (Fsp3) is 0.727. The molecule has 86 valence electrons. The summed E-state index contributed by atoms with van der Waals surface area (Å²) in [7, 11) is 0. The monoisotopic (exact) mass is 227 g/mol. The van der Waals surface area contributed by atoms with Crippen LogP contribution < -0.4 is 11.1 Å². The average Bonchev–Trinajstić information content (AvgIpc) is 2.49. The lowest BCUT2D eigenvalue weighted by Gasteiger charge is -2.17. The second kappa shape index (κ2) is 5.35.